The second kappa shape index (κ2) is 11.5. The molecule has 0 unspecified atom stereocenters. The summed E-state index contributed by atoms with van der Waals surface area (Å²) in [6, 6.07) is 0. The summed E-state index contributed by atoms with van der Waals surface area (Å²) in [5.41, 5.74) is 6.08. The SMILES string of the molecule is CC(C)(C)[Si](C)(C)OC[C@H]1O[C@@H](n2c(Br)nc3c(=O)[nH]c(N)nc32)[C@H](O[Si](C)(C)C(C)(C)C)[C@@H]1O[Si](C)(C)C(C)(C)C. The molecule has 0 spiro atoms. The quantitative estimate of drug-likeness (QED) is 0.219. The molecule has 0 amide bonds. The van der Waals surface area contributed by atoms with Crippen molar-refractivity contribution in [2.75, 3.05) is 12.3 Å². The van der Waals surface area contributed by atoms with Crippen molar-refractivity contribution in [1.29, 1.82) is 0 Å². The Kier molecular flexibility index (Phi) is 9.73. The molecular weight excluding hydrogens is 651 g/mol. The molecule has 0 aromatic carbocycles. The van der Waals surface area contributed by atoms with Gasteiger partial charge in [0.05, 0.1) is 6.61 Å². The first kappa shape index (κ1) is 35.6. The Bertz CT molecular complexity index is 1340. The maximum absolute atomic E-state index is 12.8. The molecule has 1 saturated heterocycles. The van der Waals surface area contributed by atoms with E-state index in [1.807, 2.05) is 0 Å². The molecule has 0 saturated carbocycles. The van der Waals surface area contributed by atoms with Crippen molar-refractivity contribution < 1.29 is 18.0 Å². The Balaban J connectivity index is 2.23. The predicted molar refractivity (Wildman–Crippen MR) is 181 cm³/mol. The molecule has 14 heteroatoms. The molecule has 2 aromatic heterocycles. The van der Waals surface area contributed by atoms with Crippen molar-refractivity contribution in [3.63, 3.8) is 0 Å². The smallest absolute Gasteiger partial charge is 0.280 e. The average molecular weight is 705 g/mol. The van der Waals surface area contributed by atoms with Gasteiger partial charge in [-0.2, -0.15) is 4.98 Å². The van der Waals surface area contributed by atoms with Gasteiger partial charge in [0.2, 0.25) is 5.95 Å². The van der Waals surface area contributed by atoms with Gasteiger partial charge in [-0.05, 0) is 70.3 Å². The van der Waals surface area contributed by atoms with Crippen LogP contribution in [0.15, 0.2) is 9.53 Å². The van der Waals surface area contributed by atoms with Crippen LogP contribution in [0.3, 0.4) is 0 Å². The summed E-state index contributed by atoms with van der Waals surface area (Å²) in [6.07, 6.45) is -2.03. The van der Waals surface area contributed by atoms with E-state index in [0.717, 1.165) is 0 Å². The van der Waals surface area contributed by atoms with Crippen molar-refractivity contribution >= 4 is 58.0 Å². The Morgan fingerprint density at radius 2 is 1.33 bits per heavy atom. The number of aromatic nitrogens is 4. The van der Waals surface area contributed by atoms with Crippen LogP contribution in [0.5, 0.6) is 0 Å². The van der Waals surface area contributed by atoms with Crippen LogP contribution in [0.25, 0.3) is 11.2 Å². The summed E-state index contributed by atoms with van der Waals surface area (Å²) in [5, 5.41) is -0.0736. The van der Waals surface area contributed by atoms with Crippen LogP contribution >= 0.6 is 15.9 Å². The minimum atomic E-state index is -2.35. The zero-order valence-electron chi connectivity index (χ0n) is 28.4. The molecule has 2 aromatic rings. The Hall–Kier alpha value is -0.879. The molecule has 1 aliphatic heterocycles. The molecule has 3 N–H and O–H groups in total. The second-order valence-corrected chi connectivity index (χ2v) is 31.2. The third kappa shape index (κ3) is 7.00. The number of imidazole rings is 1. The molecular formula is C28H54BrN5O5Si3. The maximum Gasteiger partial charge on any atom is 0.280 e. The third-order valence-corrected chi connectivity index (χ3v) is 24.0. The minimum absolute atomic E-state index is 0.00731. The molecule has 3 heterocycles. The van der Waals surface area contributed by atoms with E-state index < -0.39 is 55.1 Å². The van der Waals surface area contributed by atoms with E-state index >= 15 is 0 Å². The van der Waals surface area contributed by atoms with Crippen molar-refractivity contribution in [2.24, 2.45) is 0 Å². The average Bonchev–Trinajstić information content (AvgIpc) is 3.26. The van der Waals surface area contributed by atoms with E-state index in [0.29, 0.717) is 17.0 Å². The summed E-state index contributed by atoms with van der Waals surface area (Å²) in [5.74, 6) is 0.00731. The standard InChI is InChI=1S/C28H54BrN5O5Si3/c1-26(2,3)40(10,11)36-16-17-19(38-41(12,13)27(4,5)6)20(39-42(14,15)28(7,8)9)23(37-17)34-21-18(31-24(34)29)22(35)33-25(30)32-21/h17,19-20,23H,16H2,1-15H3,(H3,30,32,33,35)/t17-,19-,20-,23-/m1/s1. The van der Waals surface area contributed by atoms with Crippen molar-refractivity contribution in [2.45, 2.75) is 141 Å². The van der Waals surface area contributed by atoms with Crippen LogP contribution in [0.4, 0.5) is 5.95 Å². The van der Waals surface area contributed by atoms with Gasteiger partial charge in [-0.1, -0.05) is 62.3 Å². The van der Waals surface area contributed by atoms with E-state index in [1.54, 1.807) is 4.57 Å². The Labute approximate surface area is 263 Å². The monoisotopic (exact) mass is 703 g/mol. The summed E-state index contributed by atoms with van der Waals surface area (Å²) >= 11 is 3.59. The summed E-state index contributed by atoms with van der Waals surface area (Å²) < 4.78 is 30.3. The van der Waals surface area contributed by atoms with Crippen LogP contribution in [-0.4, -0.2) is 69.4 Å². The van der Waals surface area contributed by atoms with Gasteiger partial charge in [0.1, 0.15) is 18.3 Å². The molecule has 0 radical (unpaired) electrons. The zero-order valence-corrected chi connectivity index (χ0v) is 32.9. The fraction of sp³-hybridized carbons (Fsp3) is 0.821. The van der Waals surface area contributed by atoms with Gasteiger partial charge in [0, 0.05) is 0 Å². The van der Waals surface area contributed by atoms with Crippen LogP contribution in [0.1, 0.15) is 68.5 Å². The van der Waals surface area contributed by atoms with E-state index in [1.165, 1.54) is 0 Å². The number of nitrogens with one attached hydrogen (secondary N) is 1. The molecule has 10 nitrogen and oxygen atoms in total. The number of nitrogens with zero attached hydrogens (tertiary/aromatic N) is 3. The first-order chi connectivity index (χ1) is 18.7. The number of ether oxygens (including phenoxy) is 1. The third-order valence-electron chi connectivity index (χ3n) is 9.95. The molecule has 3 rings (SSSR count). The summed E-state index contributed by atoms with van der Waals surface area (Å²) in [6.45, 7) is 33.8. The van der Waals surface area contributed by atoms with Gasteiger partial charge in [-0.25, -0.2) is 4.98 Å². The highest BCUT2D eigenvalue weighted by Crippen LogP contribution is 2.47. The molecule has 240 valence electrons. The number of hydrogen-bond donors (Lipinski definition) is 2. The fourth-order valence-corrected chi connectivity index (χ4v) is 8.22. The van der Waals surface area contributed by atoms with Gasteiger partial charge in [0.15, 0.2) is 47.1 Å². The van der Waals surface area contributed by atoms with Crippen LogP contribution in [-0.2, 0) is 18.0 Å². The highest BCUT2D eigenvalue weighted by atomic mass is 79.9. The number of aromatic amines is 1. The molecule has 1 fully saturated rings. The maximum atomic E-state index is 12.8. The molecule has 0 bridgehead atoms. The van der Waals surface area contributed by atoms with Gasteiger partial charge in [0.25, 0.3) is 5.56 Å². The van der Waals surface area contributed by atoms with Crippen molar-refractivity contribution in [3.8, 4) is 0 Å². The lowest BCUT2D eigenvalue weighted by Crippen LogP contribution is -2.54. The fourth-order valence-electron chi connectivity index (χ4n) is 4.06. The highest BCUT2D eigenvalue weighted by Gasteiger charge is 2.55. The van der Waals surface area contributed by atoms with E-state index in [2.05, 4.69) is 132 Å². The second-order valence-electron chi connectivity index (χ2n) is 16.2. The van der Waals surface area contributed by atoms with Crippen LogP contribution in [0.2, 0.25) is 54.4 Å². The predicted octanol–water partition coefficient (Wildman–Crippen LogP) is 7.16. The number of nitrogen functional groups attached to an aromatic ring is 1. The Morgan fingerprint density at radius 1 is 0.857 bits per heavy atom. The molecule has 42 heavy (non-hydrogen) atoms. The topological polar surface area (TPSA) is 127 Å². The lowest BCUT2D eigenvalue weighted by atomic mass is 10.1. The number of halogens is 1. The van der Waals surface area contributed by atoms with E-state index in [9.17, 15) is 4.79 Å². The molecule has 0 aliphatic carbocycles. The summed E-state index contributed by atoms with van der Waals surface area (Å²) in [7, 11) is -6.77. The number of H-pyrrole nitrogens is 1. The van der Waals surface area contributed by atoms with Gasteiger partial charge < -0.3 is 23.7 Å². The number of anilines is 1. The van der Waals surface area contributed by atoms with Crippen molar-refractivity contribution in [1.82, 2.24) is 19.5 Å². The highest BCUT2D eigenvalue weighted by molar-refractivity contribution is 9.10. The van der Waals surface area contributed by atoms with Gasteiger partial charge in [-0.3, -0.25) is 14.3 Å². The number of rotatable bonds is 8. The lowest BCUT2D eigenvalue weighted by Gasteiger charge is -2.44. The lowest BCUT2D eigenvalue weighted by molar-refractivity contribution is -0.0480. The van der Waals surface area contributed by atoms with Crippen molar-refractivity contribution in [3.05, 3.63) is 15.1 Å². The minimum Gasteiger partial charge on any atom is -0.414 e. The number of fused-ring (bicyclic) bond motifs is 1. The van der Waals surface area contributed by atoms with E-state index in [-0.39, 0.29) is 26.6 Å². The molecule has 1 aliphatic rings. The largest absolute Gasteiger partial charge is 0.414 e. The van der Waals surface area contributed by atoms with E-state index in [4.69, 9.17) is 23.7 Å². The number of nitrogens with two attached hydrogens (primary N) is 1. The zero-order chi connectivity index (χ0) is 32.4. The van der Waals surface area contributed by atoms with Gasteiger partial charge in [-0.15, -0.1) is 0 Å². The van der Waals surface area contributed by atoms with Gasteiger partial charge >= 0.3 is 0 Å². The van der Waals surface area contributed by atoms with Crippen LogP contribution in [0, 0.1) is 0 Å². The first-order valence-corrected chi connectivity index (χ1v) is 24.3. The van der Waals surface area contributed by atoms with Crippen LogP contribution < -0.4 is 11.3 Å². The number of hydrogen-bond acceptors (Lipinski definition) is 8. The normalized spacial score (nSPS) is 23.2. The summed E-state index contributed by atoms with van der Waals surface area (Å²) in [4.78, 5) is 24.3. The first-order valence-electron chi connectivity index (χ1n) is 14.8. The molecule has 4 atom stereocenters. The Morgan fingerprint density at radius 3 is 1.81 bits per heavy atom.